The van der Waals surface area contributed by atoms with Gasteiger partial charge in [-0.1, -0.05) is 30.3 Å². The molecule has 1 saturated heterocycles. The van der Waals surface area contributed by atoms with E-state index in [9.17, 15) is 5.11 Å². The van der Waals surface area contributed by atoms with Gasteiger partial charge in [0.2, 0.25) is 5.75 Å². The highest BCUT2D eigenvalue weighted by atomic mass is 16.5. The van der Waals surface area contributed by atoms with Crippen molar-refractivity contribution in [3.8, 4) is 17.2 Å². The molecule has 2 aromatic carbocycles. The van der Waals surface area contributed by atoms with E-state index in [1.165, 1.54) is 5.56 Å². The van der Waals surface area contributed by atoms with Crippen LogP contribution < -0.4 is 14.2 Å². The number of aliphatic hydroxyl groups excluding tert-OH is 1. The zero-order valence-electron chi connectivity index (χ0n) is 15.5. The van der Waals surface area contributed by atoms with E-state index >= 15 is 0 Å². The van der Waals surface area contributed by atoms with E-state index in [0.717, 1.165) is 12.0 Å². The van der Waals surface area contributed by atoms with Crippen LogP contribution >= 0.6 is 0 Å². The first-order valence-corrected chi connectivity index (χ1v) is 8.78. The van der Waals surface area contributed by atoms with E-state index in [1.807, 2.05) is 30.3 Å². The highest BCUT2D eigenvalue weighted by molar-refractivity contribution is 5.54. The molecule has 140 valence electrons. The van der Waals surface area contributed by atoms with Crippen molar-refractivity contribution in [3.63, 3.8) is 0 Å². The summed E-state index contributed by atoms with van der Waals surface area (Å²) in [6.45, 7) is 0.681. The van der Waals surface area contributed by atoms with Crippen molar-refractivity contribution in [1.29, 1.82) is 0 Å². The van der Waals surface area contributed by atoms with Crippen molar-refractivity contribution in [3.05, 3.63) is 53.6 Å². The number of rotatable bonds is 7. The van der Waals surface area contributed by atoms with Crippen LogP contribution in [0.25, 0.3) is 0 Å². The molecule has 5 nitrogen and oxygen atoms in total. The molecule has 1 heterocycles. The fourth-order valence-electron chi connectivity index (χ4n) is 3.70. The number of hydrogen-bond acceptors (Lipinski definition) is 5. The summed E-state index contributed by atoms with van der Waals surface area (Å²) in [7, 11) is 4.77. The summed E-state index contributed by atoms with van der Waals surface area (Å²) in [6.07, 6.45) is 0.676. The van der Waals surface area contributed by atoms with Gasteiger partial charge < -0.3 is 24.1 Å². The molecule has 2 aromatic rings. The lowest BCUT2D eigenvalue weighted by Crippen LogP contribution is -2.21. The standard InChI is InChI=1S/C21H26O5/c1-23-18-10-15(11-19(24-2)21(18)25-3)20-17(12-22)16(13-26-20)9-14-7-5-4-6-8-14/h4-8,10-11,16-17,20,22H,9,12-13H2,1-3H3/t16-,17-,20+/m0/s1. The van der Waals surface area contributed by atoms with Gasteiger partial charge in [0.1, 0.15) is 0 Å². The average Bonchev–Trinajstić information content (AvgIpc) is 3.09. The molecule has 3 rings (SSSR count). The van der Waals surface area contributed by atoms with E-state index in [2.05, 4.69) is 12.1 Å². The fraction of sp³-hybridized carbons (Fsp3) is 0.429. The summed E-state index contributed by atoms with van der Waals surface area (Å²) in [6, 6.07) is 14.1. The van der Waals surface area contributed by atoms with Gasteiger partial charge in [-0.3, -0.25) is 0 Å². The number of benzene rings is 2. The van der Waals surface area contributed by atoms with Crippen molar-refractivity contribution < 1.29 is 24.1 Å². The third-order valence-electron chi connectivity index (χ3n) is 5.05. The summed E-state index contributed by atoms with van der Waals surface area (Å²) >= 11 is 0. The highest BCUT2D eigenvalue weighted by Gasteiger charge is 2.38. The minimum absolute atomic E-state index is 0.0120. The maximum absolute atomic E-state index is 10.0. The van der Waals surface area contributed by atoms with E-state index in [0.29, 0.717) is 23.9 Å². The Hall–Kier alpha value is -2.24. The third kappa shape index (κ3) is 3.64. The van der Waals surface area contributed by atoms with E-state index in [4.69, 9.17) is 18.9 Å². The van der Waals surface area contributed by atoms with Gasteiger partial charge in [-0.15, -0.1) is 0 Å². The molecule has 0 aromatic heterocycles. The second-order valence-electron chi connectivity index (χ2n) is 6.51. The molecular formula is C21H26O5. The van der Waals surface area contributed by atoms with Crippen LogP contribution in [0.3, 0.4) is 0 Å². The van der Waals surface area contributed by atoms with Crippen LogP contribution in [-0.4, -0.2) is 39.6 Å². The van der Waals surface area contributed by atoms with Crippen LogP contribution in [0.2, 0.25) is 0 Å². The van der Waals surface area contributed by atoms with Gasteiger partial charge in [-0.25, -0.2) is 0 Å². The summed E-state index contributed by atoms with van der Waals surface area (Å²) < 4.78 is 22.4. The Labute approximate surface area is 154 Å². The van der Waals surface area contributed by atoms with Gasteiger partial charge in [-0.05, 0) is 35.6 Å². The molecule has 0 unspecified atom stereocenters. The lowest BCUT2D eigenvalue weighted by Gasteiger charge is -2.23. The molecule has 3 atom stereocenters. The van der Waals surface area contributed by atoms with Crippen LogP contribution in [0.5, 0.6) is 17.2 Å². The molecule has 0 spiro atoms. The van der Waals surface area contributed by atoms with Gasteiger partial charge in [0, 0.05) is 12.5 Å². The summed E-state index contributed by atoms with van der Waals surface area (Å²) in [5.74, 6) is 2.00. The zero-order valence-corrected chi connectivity index (χ0v) is 15.5. The molecule has 0 amide bonds. The molecule has 0 saturated carbocycles. The van der Waals surface area contributed by atoms with Crippen LogP contribution in [-0.2, 0) is 11.2 Å². The molecule has 0 aliphatic carbocycles. The Bertz CT molecular complexity index is 691. The monoisotopic (exact) mass is 358 g/mol. The first-order valence-electron chi connectivity index (χ1n) is 8.78. The first kappa shape index (κ1) is 18.5. The normalized spacial score (nSPS) is 22.2. The number of ether oxygens (including phenoxy) is 4. The van der Waals surface area contributed by atoms with Crippen molar-refractivity contribution in [2.75, 3.05) is 34.5 Å². The van der Waals surface area contributed by atoms with Crippen molar-refractivity contribution in [2.24, 2.45) is 11.8 Å². The average molecular weight is 358 g/mol. The first-order chi connectivity index (χ1) is 12.7. The predicted molar refractivity (Wildman–Crippen MR) is 99.0 cm³/mol. The molecule has 0 bridgehead atoms. The summed E-state index contributed by atoms with van der Waals surface area (Å²) in [4.78, 5) is 0. The largest absolute Gasteiger partial charge is 0.493 e. The molecule has 0 radical (unpaired) electrons. The van der Waals surface area contributed by atoms with Gasteiger partial charge in [0.25, 0.3) is 0 Å². The third-order valence-corrected chi connectivity index (χ3v) is 5.05. The smallest absolute Gasteiger partial charge is 0.203 e. The number of hydrogen-bond donors (Lipinski definition) is 1. The molecule has 1 aliphatic heterocycles. The Morgan fingerprint density at radius 3 is 2.19 bits per heavy atom. The van der Waals surface area contributed by atoms with Gasteiger partial charge in [-0.2, -0.15) is 0 Å². The molecule has 1 aliphatic rings. The molecule has 26 heavy (non-hydrogen) atoms. The van der Waals surface area contributed by atoms with Gasteiger partial charge in [0.15, 0.2) is 11.5 Å². The highest BCUT2D eigenvalue weighted by Crippen LogP contribution is 2.45. The lowest BCUT2D eigenvalue weighted by molar-refractivity contribution is 0.0715. The lowest BCUT2D eigenvalue weighted by atomic mass is 9.84. The van der Waals surface area contributed by atoms with Crippen LogP contribution in [0.15, 0.2) is 42.5 Å². The van der Waals surface area contributed by atoms with Crippen LogP contribution in [0, 0.1) is 11.8 Å². The Morgan fingerprint density at radius 2 is 1.65 bits per heavy atom. The van der Waals surface area contributed by atoms with Gasteiger partial charge >= 0.3 is 0 Å². The van der Waals surface area contributed by atoms with E-state index in [1.54, 1.807) is 21.3 Å². The Kier molecular flexibility index (Phi) is 6.01. The summed E-state index contributed by atoms with van der Waals surface area (Å²) in [5.41, 5.74) is 2.18. The minimum atomic E-state index is -0.206. The number of methoxy groups -OCH3 is 3. The van der Waals surface area contributed by atoms with E-state index in [-0.39, 0.29) is 24.5 Å². The van der Waals surface area contributed by atoms with E-state index < -0.39 is 0 Å². The van der Waals surface area contributed by atoms with Crippen LogP contribution in [0.4, 0.5) is 0 Å². The quantitative estimate of drug-likeness (QED) is 0.823. The van der Waals surface area contributed by atoms with Crippen molar-refractivity contribution in [1.82, 2.24) is 0 Å². The number of aliphatic hydroxyl groups is 1. The maximum Gasteiger partial charge on any atom is 0.203 e. The summed E-state index contributed by atoms with van der Waals surface area (Å²) in [5, 5.41) is 10.0. The molecule has 5 heteroatoms. The second-order valence-corrected chi connectivity index (χ2v) is 6.51. The van der Waals surface area contributed by atoms with Crippen molar-refractivity contribution in [2.45, 2.75) is 12.5 Å². The second kappa shape index (κ2) is 8.43. The van der Waals surface area contributed by atoms with Crippen molar-refractivity contribution >= 4 is 0 Å². The van der Waals surface area contributed by atoms with Crippen LogP contribution in [0.1, 0.15) is 17.2 Å². The maximum atomic E-state index is 10.0. The minimum Gasteiger partial charge on any atom is -0.493 e. The molecule has 1 fully saturated rings. The molecular weight excluding hydrogens is 332 g/mol. The predicted octanol–water partition coefficient (Wildman–Crippen LogP) is 3.25. The molecule has 1 N–H and O–H groups in total. The Balaban J connectivity index is 1.87. The zero-order chi connectivity index (χ0) is 18.5. The van der Waals surface area contributed by atoms with Gasteiger partial charge in [0.05, 0.1) is 34.0 Å². The topological polar surface area (TPSA) is 57.2 Å². The SMILES string of the molecule is COc1cc([C@H]2OC[C@H](Cc3ccccc3)[C@@H]2CO)cc(OC)c1OC. The Morgan fingerprint density at radius 1 is 1.00 bits per heavy atom. The fourth-order valence-corrected chi connectivity index (χ4v) is 3.70.